The van der Waals surface area contributed by atoms with E-state index in [1.54, 1.807) is 12.4 Å². The number of hydroxylamine groups is 2. The Kier molecular flexibility index (Phi) is 5.45. The summed E-state index contributed by atoms with van der Waals surface area (Å²) in [5.41, 5.74) is 6.94. The number of carbonyl (C=O) groups is 1. The number of nitrogens with one attached hydrogen (secondary N) is 4. The largest absolute Gasteiger partial charge is 0.573 e. The Morgan fingerprint density at radius 2 is 1.88 bits per heavy atom. The lowest BCUT2D eigenvalue weighted by Crippen LogP contribution is -2.30. The monoisotopic (exact) mass is 450 g/mol. The second-order valence-electron chi connectivity index (χ2n) is 6.32. The highest BCUT2D eigenvalue weighted by Crippen LogP contribution is 2.27. The molecule has 13 heteroatoms. The van der Waals surface area contributed by atoms with E-state index in [-0.39, 0.29) is 17.1 Å². The van der Waals surface area contributed by atoms with E-state index in [0.29, 0.717) is 11.4 Å². The van der Waals surface area contributed by atoms with Crippen molar-refractivity contribution in [3.63, 3.8) is 0 Å². The number of halogens is 4. The molecule has 0 fully saturated rings. The van der Waals surface area contributed by atoms with Crippen molar-refractivity contribution in [2.75, 3.05) is 10.6 Å². The zero-order chi connectivity index (χ0) is 22.7. The van der Waals surface area contributed by atoms with E-state index in [0.717, 1.165) is 18.2 Å². The molecule has 0 atom stereocenters. The molecule has 0 radical (unpaired) electrons. The van der Waals surface area contributed by atoms with Crippen LogP contribution in [-0.2, 0) is 0 Å². The quantitative estimate of drug-likeness (QED) is 0.518. The summed E-state index contributed by atoms with van der Waals surface area (Å²) in [5.74, 6) is -1.40. The molecule has 2 aliphatic heterocycles. The van der Waals surface area contributed by atoms with Crippen LogP contribution in [0.5, 0.6) is 11.5 Å². The first-order chi connectivity index (χ1) is 15.3. The minimum absolute atomic E-state index is 0.0463. The number of rotatable bonds is 5. The molecule has 0 saturated heterocycles. The van der Waals surface area contributed by atoms with Crippen molar-refractivity contribution in [2.24, 2.45) is 4.99 Å². The lowest BCUT2D eigenvalue weighted by Gasteiger charge is -2.23. The van der Waals surface area contributed by atoms with Gasteiger partial charge in [0.25, 0.3) is 0 Å². The lowest BCUT2D eigenvalue weighted by molar-refractivity contribution is -0.274. The molecule has 0 aromatic heterocycles. The van der Waals surface area contributed by atoms with Crippen molar-refractivity contribution in [3.05, 3.63) is 72.1 Å². The highest BCUT2D eigenvalue weighted by Gasteiger charge is 2.31. The maximum absolute atomic E-state index is 14.5. The lowest BCUT2D eigenvalue weighted by atomic mass is 10.3. The van der Waals surface area contributed by atoms with Crippen LogP contribution in [0.2, 0.25) is 0 Å². The number of carbonyl (C=O) groups excluding carboxylic acids is 1. The number of anilines is 2. The minimum Gasteiger partial charge on any atom is -0.406 e. The maximum Gasteiger partial charge on any atom is 0.573 e. The van der Waals surface area contributed by atoms with Crippen LogP contribution in [0.25, 0.3) is 0 Å². The van der Waals surface area contributed by atoms with Crippen LogP contribution in [0, 0.1) is 5.82 Å². The van der Waals surface area contributed by atoms with E-state index < -0.39 is 24.0 Å². The number of hydrogen-bond donors (Lipinski definition) is 4. The number of hydrogen-bond acceptors (Lipinski definition) is 7. The van der Waals surface area contributed by atoms with Crippen LogP contribution < -0.4 is 31.1 Å². The number of hydrazine groups is 1. The van der Waals surface area contributed by atoms with E-state index >= 15 is 0 Å². The zero-order valence-electron chi connectivity index (χ0n) is 15.9. The summed E-state index contributed by atoms with van der Waals surface area (Å²) in [6.45, 7) is 0. The van der Waals surface area contributed by atoms with Gasteiger partial charge >= 0.3 is 12.4 Å². The second kappa shape index (κ2) is 8.37. The van der Waals surface area contributed by atoms with Crippen molar-refractivity contribution in [3.8, 4) is 11.5 Å². The molecule has 0 bridgehead atoms. The fourth-order valence-electron chi connectivity index (χ4n) is 2.73. The number of aliphatic imine (C=N–C) groups is 1. The van der Waals surface area contributed by atoms with Crippen molar-refractivity contribution in [2.45, 2.75) is 6.36 Å². The van der Waals surface area contributed by atoms with Gasteiger partial charge in [-0.1, -0.05) is 6.07 Å². The van der Waals surface area contributed by atoms with Crippen molar-refractivity contribution >= 4 is 23.7 Å². The topological polar surface area (TPSA) is 99.2 Å². The summed E-state index contributed by atoms with van der Waals surface area (Å²) in [6, 6.07) is 7.63. The van der Waals surface area contributed by atoms with Crippen LogP contribution in [0.3, 0.4) is 0 Å². The van der Waals surface area contributed by atoms with Crippen molar-refractivity contribution < 1.29 is 31.9 Å². The first-order valence-electron chi connectivity index (χ1n) is 8.93. The van der Waals surface area contributed by atoms with Crippen LogP contribution in [0.1, 0.15) is 0 Å². The van der Waals surface area contributed by atoms with Gasteiger partial charge in [0.05, 0.1) is 6.20 Å². The predicted octanol–water partition coefficient (Wildman–Crippen LogP) is 3.80. The molecule has 32 heavy (non-hydrogen) atoms. The van der Waals surface area contributed by atoms with Gasteiger partial charge in [-0.15, -0.1) is 13.2 Å². The van der Waals surface area contributed by atoms with Crippen LogP contribution in [0.15, 0.2) is 71.3 Å². The normalized spacial score (nSPS) is 14.4. The van der Waals surface area contributed by atoms with Gasteiger partial charge in [-0.05, 0) is 24.3 Å². The maximum atomic E-state index is 14.5. The SMILES string of the molecule is O=C(Nc1cccc(OC(F)(F)F)c1)Nc1ccc(ON2C=NC=C3NNC=C32)c(F)c1. The third kappa shape index (κ3) is 5.00. The summed E-state index contributed by atoms with van der Waals surface area (Å²) in [7, 11) is 0. The van der Waals surface area contributed by atoms with Gasteiger partial charge in [0.2, 0.25) is 0 Å². The molecule has 166 valence electrons. The predicted molar refractivity (Wildman–Crippen MR) is 106 cm³/mol. The second-order valence-corrected chi connectivity index (χ2v) is 6.32. The summed E-state index contributed by atoms with van der Waals surface area (Å²) in [4.78, 5) is 21.6. The number of benzene rings is 2. The molecule has 9 nitrogen and oxygen atoms in total. The number of amides is 2. The Bertz CT molecular complexity index is 1130. The van der Waals surface area contributed by atoms with E-state index in [4.69, 9.17) is 4.84 Å². The molecule has 2 amide bonds. The van der Waals surface area contributed by atoms with Gasteiger partial charge in [0, 0.05) is 29.7 Å². The summed E-state index contributed by atoms with van der Waals surface area (Å²) in [5, 5.41) is 5.96. The highest BCUT2D eigenvalue weighted by molar-refractivity contribution is 5.99. The third-order valence-corrected chi connectivity index (χ3v) is 4.02. The Morgan fingerprint density at radius 3 is 2.62 bits per heavy atom. The van der Waals surface area contributed by atoms with Gasteiger partial charge < -0.3 is 25.6 Å². The third-order valence-electron chi connectivity index (χ3n) is 4.02. The Labute approximate surface area is 177 Å². The summed E-state index contributed by atoms with van der Waals surface area (Å²) >= 11 is 0. The van der Waals surface area contributed by atoms with E-state index in [9.17, 15) is 22.4 Å². The van der Waals surface area contributed by atoms with Crippen molar-refractivity contribution in [1.29, 1.82) is 0 Å². The van der Waals surface area contributed by atoms with Gasteiger partial charge in [0.15, 0.2) is 11.6 Å². The van der Waals surface area contributed by atoms with Crippen LogP contribution in [-0.4, -0.2) is 23.8 Å². The molecule has 2 aromatic rings. The first kappa shape index (κ1) is 20.8. The van der Waals surface area contributed by atoms with E-state index in [1.165, 1.54) is 35.7 Å². The van der Waals surface area contributed by atoms with Gasteiger partial charge in [-0.2, -0.15) is 5.06 Å². The Balaban J connectivity index is 1.37. The van der Waals surface area contributed by atoms with Gasteiger partial charge in [-0.3, -0.25) is 5.43 Å². The first-order valence-corrected chi connectivity index (χ1v) is 8.93. The molecule has 0 unspecified atom stereocenters. The molecular weight excluding hydrogens is 436 g/mol. The number of nitrogens with zero attached hydrogens (tertiary/aromatic N) is 2. The number of alkyl halides is 3. The number of fused-ring (bicyclic) bond motifs is 1. The molecule has 0 spiro atoms. The molecule has 0 aliphatic carbocycles. The average molecular weight is 450 g/mol. The number of urea groups is 1. The minimum atomic E-state index is -4.86. The molecule has 0 saturated carbocycles. The Hall–Kier alpha value is -4.42. The van der Waals surface area contributed by atoms with Gasteiger partial charge in [0.1, 0.15) is 23.5 Å². The fourth-order valence-corrected chi connectivity index (χ4v) is 2.73. The number of ether oxygens (including phenoxy) is 1. The molecular formula is C19H14F4N6O3. The highest BCUT2D eigenvalue weighted by atomic mass is 19.4. The summed E-state index contributed by atoms with van der Waals surface area (Å²) < 4.78 is 55.2. The zero-order valence-corrected chi connectivity index (χ0v) is 15.9. The molecule has 2 heterocycles. The average Bonchev–Trinajstić information content (AvgIpc) is 3.19. The van der Waals surface area contributed by atoms with Crippen LogP contribution in [0.4, 0.5) is 33.7 Å². The smallest absolute Gasteiger partial charge is 0.406 e. The molecule has 4 rings (SSSR count). The molecule has 2 aliphatic rings. The molecule has 4 N–H and O–H groups in total. The molecule has 2 aromatic carbocycles. The van der Waals surface area contributed by atoms with Gasteiger partial charge in [-0.25, -0.2) is 14.2 Å². The van der Waals surface area contributed by atoms with Crippen LogP contribution >= 0.6 is 0 Å². The standard InChI is InChI=1S/C19H14F4N6O3/c20-14-7-12(4-5-17(14)32-29-10-24-8-15-16(29)9-25-28-15)27-18(30)26-11-2-1-3-13(6-11)31-19(21,22)23/h1-10,25,28H,(H2,26,27,30). The fraction of sp³-hybridized carbons (Fsp3) is 0.0526. The van der Waals surface area contributed by atoms with E-state index in [1.807, 2.05) is 0 Å². The Morgan fingerprint density at radius 1 is 1.09 bits per heavy atom. The summed E-state index contributed by atoms with van der Waals surface area (Å²) in [6.07, 6.45) is -0.357. The van der Waals surface area contributed by atoms with Crippen molar-refractivity contribution in [1.82, 2.24) is 15.9 Å². The van der Waals surface area contributed by atoms with E-state index in [2.05, 4.69) is 31.2 Å².